The Morgan fingerprint density at radius 3 is 2.56 bits per heavy atom. The molecule has 0 saturated heterocycles. The van der Waals surface area contributed by atoms with Crippen molar-refractivity contribution in [3.63, 3.8) is 0 Å². The maximum atomic E-state index is 8.95. The van der Waals surface area contributed by atoms with Gasteiger partial charge in [0.05, 0.1) is 12.3 Å². The van der Waals surface area contributed by atoms with E-state index in [1.807, 2.05) is 14.0 Å². The molecule has 92 valence electrons. The number of aliphatic hydroxyl groups excluding tert-OH is 1. The zero-order valence-corrected chi connectivity index (χ0v) is 11.0. The normalized spacial score (nSPS) is 13.4. The molecule has 0 amide bonds. The first-order chi connectivity index (χ1) is 7.47. The van der Waals surface area contributed by atoms with E-state index in [0.717, 1.165) is 11.3 Å². The third kappa shape index (κ3) is 2.97. The van der Waals surface area contributed by atoms with E-state index in [2.05, 4.69) is 24.3 Å². The van der Waals surface area contributed by atoms with E-state index in [-0.39, 0.29) is 12.6 Å². The molecular weight excluding hydrogens is 226 g/mol. The Hall–Kier alpha value is -0.580. The van der Waals surface area contributed by atoms with E-state index in [1.54, 1.807) is 4.68 Å². The smallest absolute Gasteiger partial charge is 0.131 e. The molecule has 0 bridgehead atoms. The van der Waals surface area contributed by atoms with Crippen molar-refractivity contribution >= 4 is 11.6 Å². The van der Waals surface area contributed by atoms with E-state index in [1.165, 1.54) is 0 Å². The average Bonchev–Trinajstić information content (AvgIpc) is 2.53. The molecule has 16 heavy (non-hydrogen) atoms. The van der Waals surface area contributed by atoms with E-state index < -0.39 is 0 Å². The minimum absolute atomic E-state index is 0.0660. The second kappa shape index (κ2) is 5.66. The fraction of sp³-hybridized carbons (Fsp3) is 0.727. The predicted octanol–water partition coefficient (Wildman–Crippen LogP) is 1.67. The minimum atomic E-state index is 0.0660. The number of aliphatic hydroxyl groups is 1. The molecule has 0 spiro atoms. The lowest BCUT2D eigenvalue weighted by Gasteiger charge is -2.11. The van der Waals surface area contributed by atoms with Gasteiger partial charge in [-0.2, -0.15) is 5.10 Å². The zero-order valence-electron chi connectivity index (χ0n) is 10.3. The maximum Gasteiger partial charge on any atom is 0.131 e. The van der Waals surface area contributed by atoms with Crippen LogP contribution in [0.3, 0.4) is 0 Å². The molecule has 1 unspecified atom stereocenters. The van der Waals surface area contributed by atoms with E-state index >= 15 is 0 Å². The number of aryl methyl sites for hydroxylation is 1. The summed E-state index contributed by atoms with van der Waals surface area (Å²) in [6.07, 6.45) is 0. The molecule has 0 saturated carbocycles. The first kappa shape index (κ1) is 13.5. The topological polar surface area (TPSA) is 50.1 Å². The standard InChI is InChI=1S/C11H20ClN3O/c1-7(2)10-9(5-13-8(3)6-16)11(12)15(4)14-10/h7-8,13,16H,5-6H2,1-4H3. The van der Waals surface area contributed by atoms with Crippen molar-refractivity contribution in [2.24, 2.45) is 7.05 Å². The van der Waals surface area contributed by atoms with Gasteiger partial charge < -0.3 is 10.4 Å². The van der Waals surface area contributed by atoms with Gasteiger partial charge in [-0.3, -0.25) is 4.68 Å². The lowest BCUT2D eigenvalue weighted by atomic mass is 10.1. The van der Waals surface area contributed by atoms with Crippen LogP contribution in [-0.2, 0) is 13.6 Å². The van der Waals surface area contributed by atoms with Crippen LogP contribution in [0.5, 0.6) is 0 Å². The fourth-order valence-electron chi connectivity index (χ4n) is 1.54. The lowest BCUT2D eigenvalue weighted by molar-refractivity contribution is 0.251. The van der Waals surface area contributed by atoms with Gasteiger partial charge in [-0.05, 0) is 12.8 Å². The number of nitrogens with zero attached hydrogens (tertiary/aromatic N) is 2. The summed E-state index contributed by atoms with van der Waals surface area (Å²) >= 11 is 6.18. The molecule has 0 radical (unpaired) electrons. The number of nitrogens with one attached hydrogen (secondary N) is 1. The highest BCUT2D eigenvalue weighted by atomic mass is 35.5. The number of hydrogen-bond acceptors (Lipinski definition) is 3. The number of hydrogen-bond donors (Lipinski definition) is 2. The molecular formula is C11H20ClN3O. The second-order valence-electron chi connectivity index (χ2n) is 4.40. The molecule has 5 heteroatoms. The molecule has 0 aromatic carbocycles. The van der Waals surface area contributed by atoms with Gasteiger partial charge in [-0.15, -0.1) is 0 Å². The fourth-order valence-corrected chi connectivity index (χ4v) is 1.74. The molecule has 1 atom stereocenters. The Labute approximate surface area is 102 Å². The Kier molecular flexibility index (Phi) is 4.77. The highest BCUT2D eigenvalue weighted by molar-refractivity contribution is 6.30. The minimum Gasteiger partial charge on any atom is -0.395 e. The van der Waals surface area contributed by atoms with Gasteiger partial charge >= 0.3 is 0 Å². The van der Waals surface area contributed by atoms with Crippen LogP contribution in [0.4, 0.5) is 0 Å². The van der Waals surface area contributed by atoms with Gasteiger partial charge in [0, 0.05) is 25.2 Å². The lowest BCUT2D eigenvalue weighted by Crippen LogP contribution is -2.29. The molecule has 4 nitrogen and oxygen atoms in total. The SMILES string of the molecule is CC(CO)NCc1c(C(C)C)nn(C)c1Cl. The van der Waals surface area contributed by atoms with Crippen LogP contribution in [0.2, 0.25) is 5.15 Å². The van der Waals surface area contributed by atoms with E-state index in [9.17, 15) is 0 Å². The molecule has 0 aliphatic heterocycles. The van der Waals surface area contributed by atoms with Gasteiger partial charge in [-0.1, -0.05) is 25.4 Å². The van der Waals surface area contributed by atoms with Gasteiger partial charge in [0.1, 0.15) is 5.15 Å². The molecule has 0 aliphatic carbocycles. The number of rotatable bonds is 5. The Balaban J connectivity index is 2.85. The summed E-state index contributed by atoms with van der Waals surface area (Å²) < 4.78 is 1.69. The largest absolute Gasteiger partial charge is 0.395 e. The van der Waals surface area contributed by atoms with Crippen molar-refractivity contribution in [3.05, 3.63) is 16.4 Å². The highest BCUT2D eigenvalue weighted by Gasteiger charge is 2.17. The van der Waals surface area contributed by atoms with Gasteiger partial charge in [-0.25, -0.2) is 0 Å². The highest BCUT2D eigenvalue weighted by Crippen LogP contribution is 2.24. The van der Waals surface area contributed by atoms with Crippen LogP contribution in [0.15, 0.2) is 0 Å². The predicted molar refractivity (Wildman–Crippen MR) is 65.7 cm³/mol. The molecule has 0 fully saturated rings. The zero-order chi connectivity index (χ0) is 12.3. The third-order valence-electron chi connectivity index (χ3n) is 2.55. The molecule has 0 aliphatic rings. The summed E-state index contributed by atoms with van der Waals surface area (Å²) in [5.41, 5.74) is 2.05. The molecule has 1 rings (SSSR count). The summed E-state index contributed by atoms with van der Waals surface area (Å²) in [5.74, 6) is 0.347. The summed E-state index contributed by atoms with van der Waals surface area (Å²) in [7, 11) is 1.84. The van der Waals surface area contributed by atoms with Crippen molar-refractivity contribution in [2.75, 3.05) is 6.61 Å². The quantitative estimate of drug-likeness (QED) is 0.830. The molecule has 1 heterocycles. The van der Waals surface area contributed by atoms with Crippen LogP contribution < -0.4 is 5.32 Å². The van der Waals surface area contributed by atoms with Crippen LogP contribution in [0, 0.1) is 0 Å². The van der Waals surface area contributed by atoms with Crippen LogP contribution >= 0.6 is 11.6 Å². The Morgan fingerprint density at radius 2 is 2.06 bits per heavy atom. The number of aromatic nitrogens is 2. The third-order valence-corrected chi connectivity index (χ3v) is 3.02. The van der Waals surface area contributed by atoms with Crippen molar-refractivity contribution in [1.82, 2.24) is 15.1 Å². The number of halogens is 1. The first-order valence-electron chi connectivity index (χ1n) is 5.52. The molecule has 1 aromatic heterocycles. The Bertz CT molecular complexity index is 349. The van der Waals surface area contributed by atoms with Crippen molar-refractivity contribution < 1.29 is 5.11 Å². The summed E-state index contributed by atoms with van der Waals surface area (Å²) in [6.45, 7) is 6.88. The van der Waals surface area contributed by atoms with Gasteiger partial charge in [0.2, 0.25) is 0 Å². The monoisotopic (exact) mass is 245 g/mol. The van der Waals surface area contributed by atoms with Crippen molar-refractivity contribution in [1.29, 1.82) is 0 Å². The molecule has 2 N–H and O–H groups in total. The first-order valence-corrected chi connectivity index (χ1v) is 5.90. The van der Waals surface area contributed by atoms with Gasteiger partial charge in [0.25, 0.3) is 0 Å². The molecule has 1 aromatic rings. The maximum absolute atomic E-state index is 8.95. The van der Waals surface area contributed by atoms with E-state index in [4.69, 9.17) is 16.7 Å². The second-order valence-corrected chi connectivity index (χ2v) is 4.76. The van der Waals surface area contributed by atoms with Crippen molar-refractivity contribution in [3.8, 4) is 0 Å². The van der Waals surface area contributed by atoms with Crippen LogP contribution in [0.1, 0.15) is 37.9 Å². The van der Waals surface area contributed by atoms with Gasteiger partial charge in [0.15, 0.2) is 0 Å². The Morgan fingerprint density at radius 1 is 1.44 bits per heavy atom. The summed E-state index contributed by atoms with van der Waals surface area (Å²) in [4.78, 5) is 0. The van der Waals surface area contributed by atoms with Crippen LogP contribution in [0.25, 0.3) is 0 Å². The summed E-state index contributed by atoms with van der Waals surface area (Å²) in [6, 6.07) is 0.0660. The van der Waals surface area contributed by atoms with Crippen molar-refractivity contribution in [2.45, 2.75) is 39.3 Å². The van der Waals surface area contributed by atoms with E-state index in [0.29, 0.717) is 17.6 Å². The van der Waals surface area contributed by atoms with Crippen LogP contribution in [-0.4, -0.2) is 27.5 Å². The average molecular weight is 246 g/mol. The summed E-state index contributed by atoms with van der Waals surface area (Å²) in [5, 5.41) is 17.2.